The van der Waals surface area contributed by atoms with Gasteiger partial charge in [-0.15, -0.1) is 0 Å². The van der Waals surface area contributed by atoms with E-state index in [9.17, 15) is 8.42 Å². The quantitative estimate of drug-likeness (QED) is 0.559. The van der Waals surface area contributed by atoms with Crippen LogP contribution >= 0.6 is 11.5 Å². The molecule has 1 aromatic carbocycles. The van der Waals surface area contributed by atoms with Gasteiger partial charge in [-0.1, -0.05) is 43.4 Å². The molecule has 6 nitrogen and oxygen atoms in total. The Morgan fingerprint density at radius 1 is 1.25 bits per heavy atom. The highest BCUT2D eigenvalue weighted by atomic mass is 32.2. The van der Waals surface area contributed by atoms with Gasteiger partial charge >= 0.3 is 0 Å². The number of rotatable bonds is 7. The predicted octanol–water partition coefficient (Wildman–Crippen LogP) is 5.26. The van der Waals surface area contributed by atoms with E-state index >= 15 is 0 Å². The summed E-state index contributed by atoms with van der Waals surface area (Å²) in [6.07, 6.45) is 16.1. The first-order valence-electron chi connectivity index (χ1n) is 11.2. The van der Waals surface area contributed by atoms with Crippen molar-refractivity contribution in [3.8, 4) is 0 Å². The van der Waals surface area contributed by atoms with Crippen LogP contribution in [0.2, 0.25) is 0 Å². The van der Waals surface area contributed by atoms with Gasteiger partial charge in [0.05, 0.1) is 4.90 Å². The number of likely N-dealkylation sites (tertiary alicyclic amines) is 1. The van der Waals surface area contributed by atoms with Crippen molar-refractivity contribution in [2.75, 3.05) is 11.3 Å². The monoisotopic (exact) mass is 470 g/mol. The number of aromatic nitrogens is 2. The molecule has 1 aromatic heterocycles. The van der Waals surface area contributed by atoms with Gasteiger partial charge in [-0.05, 0) is 74.4 Å². The molecule has 1 fully saturated rings. The maximum atomic E-state index is 12.8. The van der Waals surface area contributed by atoms with Crippen molar-refractivity contribution in [1.82, 2.24) is 14.3 Å². The maximum Gasteiger partial charge on any atom is 0.263 e. The summed E-state index contributed by atoms with van der Waals surface area (Å²) in [5.74, 6) is 0. The molecule has 2 aliphatic rings. The summed E-state index contributed by atoms with van der Waals surface area (Å²) in [5, 5.41) is 0.279. The van der Waals surface area contributed by atoms with E-state index in [1.165, 1.54) is 24.7 Å². The number of nitrogens with one attached hydrogen (secondary N) is 1. The molecule has 170 valence electrons. The van der Waals surface area contributed by atoms with Gasteiger partial charge in [-0.3, -0.25) is 9.62 Å². The fraction of sp³-hybridized carbons (Fsp3) is 0.417. The number of anilines is 1. The van der Waals surface area contributed by atoms with Gasteiger partial charge in [0.1, 0.15) is 6.33 Å². The van der Waals surface area contributed by atoms with Crippen molar-refractivity contribution in [1.29, 1.82) is 0 Å². The van der Waals surface area contributed by atoms with Crippen LogP contribution in [0.4, 0.5) is 5.13 Å². The Morgan fingerprint density at radius 3 is 2.91 bits per heavy atom. The van der Waals surface area contributed by atoms with Crippen molar-refractivity contribution in [2.24, 2.45) is 0 Å². The van der Waals surface area contributed by atoms with Gasteiger partial charge in [0.2, 0.25) is 5.13 Å². The first-order valence-corrected chi connectivity index (χ1v) is 13.4. The number of sulfonamides is 1. The number of hydrogen-bond acceptors (Lipinski definition) is 6. The Bertz CT molecular complexity index is 1110. The van der Waals surface area contributed by atoms with Crippen LogP contribution in [0.5, 0.6) is 0 Å². The van der Waals surface area contributed by atoms with Gasteiger partial charge in [0.25, 0.3) is 10.0 Å². The van der Waals surface area contributed by atoms with E-state index < -0.39 is 10.0 Å². The zero-order valence-electron chi connectivity index (χ0n) is 18.4. The van der Waals surface area contributed by atoms with Crippen LogP contribution in [0.25, 0.3) is 0 Å². The average Bonchev–Trinajstić information content (AvgIpc) is 3.30. The smallest absolute Gasteiger partial charge is 0.263 e. The molecule has 32 heavy (non-hydrogen) atoms. The Hall–Kier alpha value is -2.29. The SMILES string of the molecule is C=C(/C=C\C=C/C)[C@H]1CCCCN1[C@@H]1CCCc2cc(S(=O)(=O)Nc3ncns3)ccc21. The molecule has 0 saturated carbocycles. The topological polar surface area (TPSA) is 75.2 Å². The molecule has 1 saturated heterocycles. The molecule has 0 radical (unpaired) electrons. The summed E-state index contributed by atoms with van der Waals surface area (Å²) in [6, 6.07) is 6.19. The van der Waals surface area contributed by atoms with Gasteiger partial charge in [-0.2, -0.15) is 4.37 Å². The second-order valence-corrected chi connectivity index (χ2v) is 10.8. The number of fused-ring (bicyclic) bond motifs is 1. The zero-order valence-corrected chi connectivity index (χ0v) is 20.0. The molecular weight excluding hydrogens is 440 g/mol. The van der Waals surface area contributed by atoms with Crippen LogP contribution in [0.3, 0.4) is 0 Å². The lowest BCUT2D eigenvalue weighted by Crippen LogP contribution is -2.43. The molecule has 2 aromatic rings. The molecule has 2 heterocycles. The summed E-state index contributed by atoms with van der Waals surface area (Å²) in [7, 11) is -3.68. The highest BCUT2D eigenvalue weighted by Gasteiger charge is 2.33. The minimum Gasteiger partial charge on any atom is -0.289 e. The van der Waals surface area contributed by atoms with Crippen molar-refractivity contribution >= 4 is 26.7 Å². The third-order valence-corrected chi connectivity index (χ3v) is 8.32. The zero-order chi connectivity index (χ0) is 22.6. The number of aryl methyl sites for hydroxylation is 1. The van der Waals surface area contributed by atoms with E-state index in [1.54, 1.807) is 6.07 Å². The van der Waals surface area contributed by atoms with Crippen molar-refractivity contribution in [3.05, 3.63) is 72.1 Å². The molecule has 1 aliphatic heterocycles. The Morgan fingerprint density at radius 2 is 2.12 bits per heavy atom. The molecule has 1 N–H and O–H groups in total. The third-order valence-electron chi connectivity index (χ3n) is 6.28. The summed E-state index contributed by atoms with van der Waals surface area (Å²) in [6.45, 7) is 7.43. The molecule has 4 rings (SSSR count). The average molecular weight is 471 g/mol. The molecule has 0 spiro atoms. The van der Waals surface area contributed by atoms with Crippen molar-refractivity contribution in [3.63, 3.8) is 0 Å². The molecule has 0 amide bonds. The van der Waals surface area contributed by atoms with E-state index in [0.29, 0.717) is 12.1 Å². The summed E-state index contributed by atoms with van der Waals surface area (Å²) < 4.78 is 32.0. The Balaban J connectivity index is 1.59. The van der Waals surface area contributed by atoms with Gasteiger partial charge < -0.3 is 0 Å². The molecular formula is C24H30N4O2S2. The third kappa shape index (κ3) is 5.03. The van der Waals surface area contributed by atoms with E-state index in [2.05, 4.69) is 37.7 Å². The summed E-state index contributed by atoms with van der Waals surface area (Å²) in [4.78, 5) is 6.80. The minimum absolute atomic E-state index is 0.279. The largest absolute Gasteiger partial charge is 0.289 e. The second-order valence-electron chi connectivity index (χ2n) is 8.33. The van der Waals surface area contributed by atoms with Crippen molar-refractivity contribution in [2.45, 2.75) is 62.4 Å². The molecule has 2 atom stereocenters. The molecule has 1 aliphatic carbocycles. The van der Waals surface area contributed by atoms with E-state index in [1.807, 2.05) is 31.2 Å². The number of piperidine rings is 1. The fourth-order valence-electron chi connectivity index (χ4n) is 4.80. The minimum atomic E-state index is -3.68. The van der Waals surface area contributed by atoms with Crippen LogP contribution in [-0.4, -0.2) is 35.3 Å². The van der Waals surface area contributed by atoms with E-state index in [0.717, 1.165) is 54.9 Å². The highest BCUT2D eigenvalue weighted by molar-refractivity contribution is 7.93. The fourth-order valence-corrected chi connectivity index (χ4v) is 6.51. The Kier molecular flexibility index (Phi) is 7.23. The van der Waals surface area contributed by atoms with Crippen LogP contribution in [0, 0.1) is 0 Å². The van der Waals surface area contributed by atoms with E-state index in [-0.39, 0.29) is 10.0 Å². The number of hydrogen-bond donors (Lipinski definition) is 1. The van der Waals surface area contributed by atoms with Gasteiger partial charge in [0.15, 0.2) is 0 Å². The number of benzene rings is 1. The number of allylic oxidation sites excluding steroid dienone is 3. The van der Waals surface area contributed by atoms with Gasteiger partial charge in [-0.25, -0.2) is 13.4 Å². The standard InChI is InChI=1S/C24H30N4O2S2/c1-3-4-5-9-18(2)22-11-6-7-15-28(22)23-12-8-10-19-16-20(13-14-21(19)23)32(29,30)27-24-25-17-26-31-24/h3-5,9,13-14,16-17,22-23H,2,6-8,10-12,15H2,1H3,(H,25,26,27)/b4-3-,9-5-/t22-,23-/m1/s1. The van der Waals surface area contributed by atoms with Crippen LogP contribution < -0.4 is 4.72 Å². The van der Waals surface area contributed by atoms with Gasteiger partial charge in [0, 0.05) is 23.6 Å². The molecule has 8 heteroatoms. The van der Waals surface area contributed by atoms with Crippen molar-refractivity contribution < 1.29 is 8.42 Å². The Labute approximate surface area is 195 Å². The first-order chi connectivity index (χ1) is 15.5. The van der Waals surface area contributed by atoms with Crippen LogP contribution in [0.1, 0.15) is 56.2 Å². The predicted molar refractivity (Wildman–Crippen MR) is 130 cm³/mol. The normalized spacial score (nSPS) is 22.3. The lowest BCUT2D eigenvalue weighted by atomic mass is 9.83. The van der Waals surface area contributed by atoms with Crippen LogP contribution in [-0.2, 0) is 16.4 Å². The molecule has 0 unspecified atom stereocenters. The second kappa shape index (κ2) is 10.1. The maximum absolute atomic E-state index is 12.8. The summed E-state index contributed by atoms with van der Waals surface area (Å²) >= 11 is 1.03. The highest BCUT2D eigenvalue weighted by Crippen LogP contribution is 2.40. The van der Waals surface area contributed by atoms with Crippen LogP contribution in [0.15, 0.2) is 65.9 Å². The van der Waals surface area contributed by atoms with E-state index in [4.69, 9.17) is 0 Å². The number of nitrogens with zero attached hydrogens (tertiary/aromatic N) is 3. The lowest BCUT2D eigenvalue weighted by molar-refractivity contribution is 0.105. The summed E-state index contributed by atoms with van der Waals surface area (Å²) in [5.41, 5.74) is 3.53. The lowest BCUT2D eigenvalue weighted by Gasteiger charge is -2.44. The molecule has 0 bridgehead atoms. The first kappa shape index (κ1) is 22.9.